The van der Waals surface area contributed by atoms with Crippen LogP contribution < -0.4 is 5.32 Å². The Labute approximate surface area is 111 Å². The Morgan fingerprint density at radius 3 is 2.28 bits per heavy atom. The number of carbonyl (C=O) groups excluding carboxylic acids is 1. The average Bonchev–Trinajstić information content (AvgIpc) is 2.36. The summed E-state index contributed by atoms with van der Waals surface area (Å²) in [5, 5.41) is 1.14. The predicted molar refractivity (Wildman–Crippen MR) is 71.4 cm³/mol. The van der Waals surface area contributed by atoms with Gasteiger partial charge in [0.05, 0.1) is 5.75 Å². The van der Waals surface area contributed by atoms with Gasteiger partial charge in [-0.1, -0.05) is 0 Å². The summed E-state index contributed by atoms with van der Waals surface area (Å²) in [6, 6.07) is 0. The number of nitrogens with one attached hydrogen (secondary N) is 1. The van der Waals surface area contributed by atoms with Gasteiger partial charge in [-0.05, 0) is 18.3 Å². The largest absolute Gasteiger partial charge is 0.388 e. The van der Waals surface area contributed by atoms with Crippen molar-refractivity contribution in [2.75, 3.05) is 32.8 Å². The van der Waals surface area contributed by atoms with E-state index in [2.05, 4.69) is 14.4 Å². The monoisotopic (exact) mass is 319 g/mol. The number of carbonyl (C=O) groups is 1. The predicted octanol–water partition coefficient (Wildman–Crippen LogP) is 0.670. The van der Waals surface area contributed by atoms with Gasteiger partial charge in [0.1, 0.15) is 5.25 Å². The molecule has 1 amide bonds. The lowest BCUT2D eigenvalue weighted by Gasteiger charge is -2.14. The van der Waals surface area contributed by atoms with Crippen LogP contribution >= 0.6 is 18.2 Å². The highest BCUT2D eigenvalue weighted by Crippen LogP contribution is 2.59. The molecule has 0 saturated carbocycles. The zero-order chi connectivity index (χ0) is 14.4. The minimum absolute atomic E-state index is 0.0304. The summed E-state index contributed by atoms with van der Waals surface area (Å²) in [6.07, 6.45) is 0. The molecule has 0 aliphatic rings. The summed E-state index contributed by atoms with van der Waals surface area (Å²) >= 11 is 0.788. The van der Waals surface area contributed by atoms with Crippen LogP contribution in [-0.4, -0.2) is 52.3 Å². The third-order valence-electron chi connectivity index (χ3n) is 2.22. The van der Waals surface area contributed by atoms with E-state index in [1.165, 1.54) is 28.2 Å². The third-order valence-corrected chi connectivity index (χ3v) is 8.53. The Hall–Kier alpha value is -0.0800. The molecule has 0 aliphatic heterocycles. The summed E-state index contributed by atoms with van der Waals surface area (Å²) in [5.74, 6) is -0.812. The topological polar surface area (TPSA) is 98.8 Å². The molecular weight excluding hydrogens is 301 g/mol. The van der Waals surface area contributed by atoms with E-state index in [-0.39, 0.29) is 11.5 Å². The molecule has 0 aromatic carbocycles. The third kappa shape index (κ3) is 5.27. The SMILES string of the molecule is CNC(=O)C(C)S(=O)(=O)CCSP(=O)(OC)OC. The number of amides is 1. The highest BCUT2D eigenvalue weighted by molar-refractivity contribution is 8.55. The summed E-state index contributed by atoms with van der Waals surface area (Å²) in [6.45, 7) is -1.97. The minimum atomic E-state index is -3.58. The molecule has 18 heavy (non-hydrogen) atoms. The summed E-state index contributed by atoms with van der Waals surface area (Å²) in [4.78, 5) is 11.2. The molecule has 0 aliphatic carbocycles. The Balaban J connectivity index is 4.46. The van der Waals surface area contributed by atoms with Crippen molar-refractivity contribution in [2.45, 2.75) is 12.2 Å². The number of rotatable bonds is 8. The van der Waals surface area contributed by atoms with Crippen LogP contribution in [0.3, 0.4) is 0 Å². The highest BCUT2D eigenvalue weighted by Gasteiger charge is 2.29. The molecule has 0 aromatic heterocycles. The van der Waals surface area contributed by atoms with Gasteiger partial charge in [-0.2, -0.15) is 0 Å². The fourth-order valence-corrected chi connectivity index (χ4v) is 5.57. The van der Waals surface area contributed by atoms with Crippen molar-refractivity contribution >= 4 is 33.9 Å². The van der Waals surface area contributed by atoms with E-state index in [4.69, 9.17) is 0 Å². The molecule has 0 aromatic rings. The second kappa shape index (κ2) is 7.49. The van der Waals surface area contributed by atoms with Crippen LogP contribution in [0, 0.1) is 0 Å². The van der Waals surface area contributed by atoms with E-state index < -0.39 is 27.8 Å². The van der Waals surface area contributed by atoms with E-state index in [1.54, 1.807) is 0 Å². The molecule has 0 heterocycles. The van der Waals surface area contributed by atoms with Crippen molar-refractivity contribution in [3.05, 3.63) is 0 Å². The fraction of sp³-hybridized carbons (Fsp3) is 0.875. The minimum Gasteiger partial charge on any atom is -0.358 e. The van der Waals surface area contributed by atoms with Crippen LogP contribution in [0.15, 0.2) is 0 Å². The molecular formula is C8H18NO6PS2. The van der Waals surface area contributed by atoms with Crippen LogP contribution in [-0.2, 0) is 28.2 Å². The van der Waals surface area contributed by atoms with E-state index in [1.807, 2.05) is 0 Å². The van der Waals surface area contributed by atoms with Crippen LogP contribution in [0.2, 0.25) is 0 Å². The summed E-state index contributed by atoms with van der Waals surface area (Å²) < 4.78 is 44.4. The molecule has 0 bridgehead atoms. The maximum absolute atomic E-state index is 11.7. The first-order valence-corrected chi connectivity index (χ1v) is 9.86. The first-order valence-electron chi connectivity index (χ1n) is 5.01. The van der Waals surface area contributed by atoms with Gasteiger partial charge in [0.15, 0.2) is 9.84 Å². The summed E-state index contributed by atoms with van der Waals surface area (Å²) in [7, 11) is 0.235. The van der Waals surface area contributed by atoms with Crippen molar-refractivity contribution in [3.63, 3.8) is 0 Å². The van der Waals surface area contributed by atoms with Gasteiger partial charge < -0.3 is 14.4 Å². The molecule has 108 valence electrons. The fourth-order valence-electron chi connectivity index (χ4n) is 0.988. The van der Waals surface area contributed by atoms with Gasteiger partial charge in [0.2, 0.25) is 5.91 Å². The van der Waals surface area contributed by atoms with Gasteiger partial charge in [-0.3, -0.25) is 4.79 Å². The lowest BCUT2D eigenvalue weighted by molar-refractivity contribution is -0.119. The van der Waals surface area contributed by atoms with Crippen LogP contribution in [0.25, 0.3) is 0 Å². The quantitative estimate of drug-likeness (QED) is 0.656. The molecule has 1 unspecified atom stereocenters. The Kier molecular flexibility index (Phi) is 7.46. The van der Waals surface area contributed by atoms with E-state index in [0.29, 0.717) is 0 Å². The molecule has 1 atom stereocenters. The number of hydrogen-bond acceptors (Lipinski definition) is 7. The van der Waals surface area contributed by atoms with E-state index >= 15 is 0 Å². The van der Waals surface area contributed by atoms with Gasteiger partial charge in [0.25, 0.3) is 0 Å². The standard InChI is InChI=1S/C8H18NO6PS2/c1-7(8(10)9-2)18(12,13)6-5-17-16(11,14-3)15-4/h7H,5-6H2,1-4H3,(H,9,10). The molecule has 0 radical (unpaired) electrons. The van der Waals surface area contributed by atoms with Crippen LogP contribution in [0.4, 0.5) is 0 Å². The van der Waals surface area contributed by atoms with Crippen molar-refractivity contribution in [1.29, 1.82) is 0 Å². The Morgan fingerprint density at radius 2 is 1.89 bits per heavy atom. The zero-order valence-corrected chi connectivity index (χ0v) is 13.2. The molecule has 0 rings (SSSR count). The van der Waals surface area contributed by atoms with Crippen molar-refractivity contribution < 1.29 is 26.8 Å². The second-order valence-corrected chi connectivity index (χ2v) is 10.1. The van der Waals surface area contributed by atoms with Gasteiger partial charge >= 0.3 is 6.80 Å². The van der Waals surface area contributed by atoms with Gasteiger partial charge in [0, 0.05) is 27.0 Å². The van der Waals surface area contributed by atoms with E-state index in [9.17, 15) is 17.8 Å². The first kappa shape index (κ1) is 17.9. The molecule has 0 spiro atoms. The Bertz CT molecular complexity index is 415. The van der Waals surface area contributed by atoms with Crippen molar-refractivity contribution in [1.82, 2.24) is 5.32 Å². The number of hydrogen-bond donors (Lipinski definition) is 1. The molecule has 1 N–H and O–H groups in total. The molecule has 10 heteroatoms. The average molecular weight is 319 g/mol. The first-order chi connectivity index (χ1) is 8.22. The second-order valence-electron chi connectivity index (χ2n) is 3.27. The van der Waals surface area contributed by atoms with Crippen molar-refractivity contribution in [3.8, 4) is 0 Å². The Morgan fingerprint density at radius 1 is 1.39 bits per heavy atom. The number of sulfone groups is 1. The van der Waals surface area contributed by atoms with Gasteiger partial charge in [-0.25, -0.2) is 13.0 Å². The summed E-state index contributed by atoms with van der Waals surface area (Å²) in [5.41, 5.74) is 0. The highest BCUT2D eigenvalue weighted by atomic mass is 32.7. The van der Waals surface area contributed by atoms with Crippen LogP contribution in [0.1, 0.15) is 6.92 Å². The van der Waals surface area contributed by atoms with Crippen molar-refractivity contribution in [2.24, 2.45) is 0 Å². The maximum atomic E-state index is 11.7. The maximum Gasteiger partial charge on any atom is 0.388 e. The smallest absolute Gasteiger partial charge is 0.358 e. The lowest BCUT2D eigenvalue weighted by atomic mass is 10.4. The molecule has 0 fully saturated rings. The van der Waals surface area contributed by atoms with Gasteiger partial charge in [-0.15, -0.1) is 0 Å². The lowest BCUT2D eigenvalue weighted by Crippen LogP contribution is -2.37. The van der Waals surface area contributed by atoms with E-state index in [0.717, 1.165) is 11.4 Å². The molecule has 0 saturated heterocycles. The normalized spacial score (nSPS) is 14.2. The molecule has 7 nitrogen and oxygen atoms in total. The zero-order valence-electron chi connectivity index (χ0n) is 10.7. The van der Waals surface area contributed by atoms with Crippen LogP contribution in [0.5, 0.6) is 0 Å².